The Morgan fingerprint density at radius 1 is 1.03 bits per heavy atom. The number of nitrogens with zero attached hydrogens (tertiary/aromatic N) is 2. The summed E-state index contributed by atoms with van der Waals surface area (Å²) in [5.41, 5.74) is 0.793. The molecule has 32 heavy (non-hydrogen) atoms. The molecule has 0 radical (unpaired) electrons. The molecule has 1 saturated heterocycles. The molecular formula is C21H25F3N4O3S. The molecule has 0 aliphatic carbocycles. The molecule has 0 spiro atoms. The van der Waals surface area contributed by atoms with Gasteiger partial charge in [-0.2, -0.15) is 17.5 Å². The van der Waals surface area contributed by atoms with Gasteiger partial charge in [0.2, 0.25) is 10.0 Å². The number of carbonyl (C=O) groups excluding carboxylic acids is 1. The number of para-hydroxylation sites is 1. The minimum Gasteiger partial charge on any atom is -0.369 e. The van der Waals surface area contributed by atoms with Crippen LogP contribution in [0, 0.1) is 6.92 Å². The number of amides is 2. The molecule has 1 fully saturated rings. The van der Waals surface area contributed by atoms with Crippen molar-refractivity contribution in [2.45, 2.75) is 13.1 Å². The molecule has 0 aromatic heterocycles. The van der Waals surface area contributed by atoms with Crippen LogP contribution in [0.15, 0.2) is 48.5 Å². The van der Waals surface area contributed by atoms with Crippen molar-refractivity contribution in [2.24, 2.45) is 0 Å². The molecule has 2 aromatic rings. The minimum absolute atomic E-state index is 0.222. The second-order valence-corrected chi connectivity index (χ2v) is 9.55. The number of sulfonamides is 1. The Morgan fingerprint density at radius 3 is 2.38 bits per heavy atom. The molecule has 174 valence electrons. The molecule has 1 heterocycles. The van der Waals surface area contributed by atoms with E-state index in [0.717, 1.165) is 23.4 Å². The van der Waals surface area contributed by atoms with Gasteiger partial charge in [-0.1, -0.05) is 24.3 Å². The topological polar surface area (TPSA) is 81.8 Å². The third-order valence-electron chi connectivity index (χ3n) is 5.13. The molecule has 2 amide bonds. The first kappa shape index (κ1) is 23.9. The first-order valence-corrected chi connectivity index (χ1v) is 11.7. The Labute approximate surface area is 185 Å². The lowest BCUT2D eigenvalue weighted by atomic mass is 10.1. The van der Waals surface area contributed by atoms with Gasteiger partial charge in [-0.25, -0.2) is 13.2 Å². The maximum Gasteiger partial charge on any atom is 0.418 e. The summed E-state index contributed by atoms with van der Waals surface area (Å²) in [7, 11) is -3.61. The quantitative estimate of drug-likeness (QED) is 0.679. The molecule has 2 aromatic carbocycles. The summed E-state index contributed by atoms with van der Waals surface area (Å²) in [4.78, 5) is 14.1. The normalized spacial score (nSPS) is 15.4. The highest BCUT2D eigenvalue weighted by Crippen LogP contribution is 2.34. The van der Waals surface area contributed by atoms with E-state index in [9.17, 15) is 26.4 Å². The van der Waals surface area contributed by atoms with E-state index in [-0.39, 0.29) is 12.3 Å². The second-order valence-electron chi connectivity index (χ2n) is 7.47. The number of anilines is 2. The van der Waals surface area contributed by atoms with Crippen molar-refractivity contribution in [2.75, 3.05) is 48.7 Å². The molecule has 2 N–H and O–H groups in total. The zero-order chi connectivity index (χ0) is 23.4. The fourth-order valence-electron chi connectivity index (χ4n) is 3.48. The highest BCUT2D eigenvalue weighted by atomic mass is 32.2. The molecule has 11 heteroatoms. The van der Waals surface area contributed by atoms with Gasteiger partial charge in [0.1, 0.15) is 0 Å². The molecule has 1 aliphatic heterocycles. The number of nitrogens with one attached hydrogen (secondary N) is 2. The maximum atomic E-state index is 13.0. The van der Waals surface area contributed by atoms with Crippen molar-refractivity contribution in [1.82, 2.24) is 9.62 Å². The van der Waals surface area contributed by atoms with Crippen LogP contribution in [0.1, 0.15) is 11.1 Å². The zero-order valence-electron chi connectivity index (χ0n) is 17.5. The number of aryl methyl sites for hydroxylation is 1. The lowest BCUT2D eigenvalue weighted by Crippen LogP contribution is -2.50. The monoisotopic (exact) mass is 470 g/mol. The SMILES string of the molecule is Cc1cccc(N2CCN(S(=O)(=O)CCNC(=O)Nc3ccccc3C(F)(F)F)CC2)c1. The molecule has 0 atom stereocenters. The number of rotatable bonds is 6. The van der Waals surface area contributed by atoms with Gasteiger partial charge >= 0.3 is 12.2 Å². The highest BCUT2D eigenvalue weighted by Gasteiger charge is 2.33. The van der Waals surface area contributed by atoms with Crippen LogP contribution in [0.4, 0.5) is 29.3 Å². The predicted octanol–water partition coefficient (Wildman–Crippen LogP) is 3.29. The third kappa shape index (κ3) is 6.13. The molecule has 0 bridgehead atoms. The summed E-state index contributed by atoms with van der Waals surface area (Å²) in [6, 6.07) is 11.7. The standard InChI is InChI=1S/C21H25F3N4O3S/c1-16-5-4-6-17(15-16)27-10-12-28(13-11-27)32(30,31)14-9-25-20(29)26-19-8-3-2-7-18(19)21(22,23)24/h2-8,15H,9-14H2,1H3,(H2,25,26,29). The second kappa shape index (κ2) is 9.78. The Balaban J connectivity index is 1.48. The average molecular weight is 471 g/mol. The number of hydrogen-bond acceptors (Lipinski definition) is 4. The van der Waals surface area contributed by atoms with Gasteiger partial charge in [-0.15, -0.1) is 0 Å². The minimum atomic E-state index is -4.62. The summed E-state index contributed by atoms with van der Waals surface area (Å²) in [6.07, 6.45) is -4.62. The summed E-state index contributed by atoms with van der Waals surface area (Å²) >= 11 is 0. The van der Waals surface area contributed by atoms with Gasteiger partial charge in [-0.3, -0.25) is 0 Å². The number of piperazine rings is 1. The van der Waals surface area contributed by atoms with Crippen molar-refractivity contribution >= 4 is 27.4 Å². The van der Waals surface area contributed by atoms with Gasteiger partial charge in [0, 0.05) is 38.4 Å². The predicted molar refractivity (Wildman–Crippen MR) is 117 cm³/mol. The van der Waals surface area contributed by atoms with Crippen molar-refractivity contribution in [3.05, 3.63) is 59.7 Å². The maximum absolute atomic E-state index is 13.0. The summed E-state index contributed by atoms with van der Waals surface area (Å²) in [6.45, 7) is 3.51. The number of carbonyl (C=O) groups is 1. The molecule has 1 aliphatic rings. The van der Waals surface area contributed by atoms with Crippen molar-refractivity contribution in [1.29, 1.82) is 0 Å². The van der Waals surface area contributed by atoms with E-state index in [1.807, 2.05) is 31.2 Å². The number of alkyl halides is 3. The number of benzene rings is 2. The van der Waals surface area contributed by atoms with Crippen molar-refractivity contribution in [3.63, 3.8) is 0 Å². The molecule has 7 nitrogen and oxygen atoms in total. The number of urea groups is 1. The zero-order valence-corrected chi connectivity index (χ0v) is 18.3. The Morgan fingerprint density at radius 2 is 1.72 bits per heavy atom. The molecule has 0 unspecified atom stereocenters. The lowest BCUT2D eigenvalue weighted by molar-refractivity contribution is -0.136. The molecule has 3 rings (SSSR count). The first-order chi connectivity index (χ1) is 15.1. The fraction of sp³-hybridized carbons (Fsp3) is 0.381. The molecular weight excluding hydrogens is 445 g/mol. The molecule has 0 saturated carbocycles. The van der Waals surface area contributed by atoms with Crippen LogP contribution < -0.4 is 15.5 Å². The van der Waals surface area contributed by atoms with Gasteiger partial charge in [0.05, 0.1) is 17.0 Å². The van der Waals surface area contributed by atoms with Crippen LogP contribution in [0.5, 0.6) is 0 Å². The van der Waals surface area contributed by atoms with Gasteiger partial charge in [0.15, 0.2) is 0 Å². The summed E-state index contributed by atoms with van der Waals surface area (Å²) < 4.78 is 65.6. The van der Waals surface area contributed by atoms with E-state index < -0.39 is 33.5 Å². The average Bonchev–Trinajstić information content (AvgIpc) is 2.73. The van der Waals surface area contributed by atoms with Crippen LogP contribution >= 0.6 is 0 Å². The van der Waals surface area contributed by atoms with Gasteiger partial charge < -0.3 is 15.5 Å². The Kier molecular flexibility index (Phi) is 7.29. The Bertz CT molecular complexity index is 1050. The van der Waals surface area contributed by atoms with Crippen molar-refractivity contribution < 1.29 is 26.4 Å². The van der Waals surface area contributed by atoms with Crippen molar-refractivity contribution in [3.8, 4) is 0 Å². The van der Waals surface area contributed by atoms with E-state index in [2.05, 4.69) is 15.5 Å². The van der Waals surface area contributed by atoms with E-state index in [1.165, 1.54) is 16.4 Å². The lowest BCUT2D eigenvalue weighted by Gasteiger charge is -2.35. The Hall–Kier alpha value is -2.79. The number of hydrogen-bond donors (Lipinski definition) is 2. The third-order valence-corrected chi connectivity index (χ3v) is 7.00. The summed E-state index contributed by atoms with van der Waals surface area (Å²) in [5.74, 6) is -0.341. The van der Waals surface area contributed by atoms with Crippen LogP contribution in [-0.4, -0.2) is 57.2 Å². The number of halogens is 3. The van der Waals surface area contributed by atoms with Gasteiger partial charge in [-0.05, 0) is 36.8 Å². The first-order valence-electron chi connectivity index (χ1n) is 10.1. The van der Waals surface area contributed by atoms with E-state index in [0.29, 0.717) is 26.2 Å². The van der Waals surface area contributed by atoms with Crippen LogP contribution in [0.3, 0.4) is 0 Å². The van der Waals surface area contributed by atoms with Crippen LogP contribution in [0.25, 0.3) is 0 Å². The smallest absolute Gasteiger partial charge is 0.369 e. The van der Waals surface area contributed by atoms with Crippen LogP contribution in [0.2, 0.25) is 0 Å². The van der Waals surface area contributed by atoms with E-state index >= 15 is 0 Å². The van der Waals surface area contributed by atoms with Crippen LogP contribution in [-0.2, 0) is 16.2 Å². The van der Waals surface area contributed by atoms with E-state index in [4.69, 9.17) is 0 Å². The van der Waals surface area contributed by atoms with E-state index in [1.54, 1.807) is 0 Å². The highest BCUT2D eigenvalue weighted by molar-refractivity contribution is 7.89. The fourth-order valence-corrected chi connectivity index (χ4v) is 4.82. The van der Waals surface area contributed by atoms with Gasteiger partial charge in [0.25, 0.3) is 0 Å². The largest absolute Gasteiger partial charge is 0.418 e. The summed E-state index contributed by atoms with van der Waals surface area (Å²) in [5, 5.41) is 4.44.